The largest absolute Gasteiger partial charge is 0.294 e. The second kappa shape index (κ2) is 2.27. The fourth-order valence-electron chi connectivity index (χ4n) is 0. The molecule has 0 aromatic rings. The van der Waals surface area contributed by atoms with Gasteiger partial charge in [0.2, 0.25) is 7.24 Å². The first-order valence-electron chi connectivity index (χ1n) is 1.84. The Labute approximate surface area is 37.9 Å². The first-order valence-corrected chi connectivity index (χ1v) is 1.64. The molecule has 0 N–H and O–H groups in total. The summed E-state index contributed by atoms with van der Waals surface area (Å²) in [4.78, 5) is 9.72. The van der Waals surface area contributed by atoms with E-state index in [0.717, 1.165) is 0 Å². The van der Waals surface area contributed by atoms with Gasteiger partial charge in [-0.1, -0.05) is 18.4 Å². The van der Waals surface area contributed by atoms with E-state index in [1.54, 1.807) is 0 Å². The van der Waals surface area contributed by atoms with Gasteiger partial charge in [-0.15, -0.1) is 0 Å². The molecule has 3 heteroatoms. The predicted octanol–water partition coefficient (Wildman–Crippen LogP) is 0.830. The zero-order chi connectivity index (χ0) is 5.15. The lowest BCUT2D eigenvalue weighted by molar-refractivity contribution is 0.274. The number of hydrogen-bond donors (Lipinski definition) is 0. The molecule has 0 rings (SSSR count). The summed E-state index contributed by atoms with van der Waals surface area (Å²) in [6, 6.07) is 0. The summed E-state index contributed by atoms with van der Waals surface area (Å²) in [7, 11) is -0.772. The van der Waals surface area contributed by atoms with Crippen molar-refractivity contribution >= 4 is 24.0 Å². The van der Waals surface area contributed by atoms with E-state index >= 15 is 0 Å². The second-order valence-corrected chi connectivity index (χ2v) is 0.965. The smallest absolute Gasteiger partial charge is 0.223 e. The molecule has 0 spiro atoms. The molecule has 0 heterocycles. The summed E-state index contributed by atoms with van der Waals surface area (Å²) >= 11 is 4.79. The van der Waals surface area contributed by atoms with Crippen LogP contribution in [0, 0.1) is 0 Å². The zero-order valence-corrected chi connectivity index (χ0v) is 3.62. The molecule has 0 aliphatic carbocycles. The fourth-order valence-corrected chi connectivity index (χ4v) is 0. The Morgan fingerprint density at radius 1 is 2.40 bits per heavy atom. The average molecular weight is 92.3 g/mol. The van der Waals surface area contributed by atoms with E-state index in [1.807, 2.05) is 0 Å². The van der Waals surface area contributed by atoms with Crippen molar-refractivity contribution in [1.29, 1.82) is 1.34 Å². The highest BCUT2D eigenvalue weighted by atomic mass is 35.5. The van der Waals surface area contributed by atoms with Crippen molar-refractivity contribution in [2.45, 2.75) is 6.82 Å². The van der Waals surface area contributed by atoms with E-state index in [0.29, 0.717) is 0 Å². The molecule has 5 heavy (non-hydrogen) atoms. The Hall–Kier alpha value is 0.0249. The highest BCUT2D eigenvalue weighted by Crippen LogP contribution is 1.75. The number of carbonyl (C=O) groups is 1. The molecule has 0 radical (unpaired) electrons. The van der Waals surface area contributed by atoms with Gasteiger partial charge in [0, 0.05) is 0 Å². The van der Waals surface area contributed by atoms with Crippen LogP contribution < -0.4 is 0 Å². The minimum absolute atomic E-state index is 0.602. The van der Waals surface area contributed by atoms with Crippen molar-refractivity contribution in [1.82, 2.24) is 0 Å². The van der Waals surface area contributed by atoms with E-state index < -0.39 is 12.4 Å². The quantitative estimate of drug-likeness (QED) is 0.346. The molecule has 0 atom stereocenters. The third-order valence-corrected chi connectivity index (χ3v) is 0.445. The molecule has 1 nitrogen and oxygen atoms in total. The SMILES string of the molecule is [3H]B(C)C(=O)Cl. The van der Waals surface area contributed by atoms with Crippen molar-refractivity contribution in [3.05, 3.63) is 0 Å². The molecular formula is C2H4BClO. The molecular weight excluding hydrogens is 86.3 g/mol. The van der Waals surface area contributed by atoms with Gasteiger partial charge >= 0.3 is 0 Å². The van der Waals surface area contributed by atoms with Gasteiger partial charge in [0.25, 0.3) is 0 Å². The van der Waals surface area contributed by atoms with E-state index in [9.17, 15) is 4.79 Å². The first-order chi connectivity index (χ1) is 2.64. The third-order valence-electron chi connectivity index (χ3n) is 0.227. The lowest BCUT2D eigenvalue weighted by Gasteiger charge is -1.64. The Balaban J connectivity index is 3.26. The Morgan fingerprint density at radius 2 is 2.60 bits per heavy atom. The van der Waals surface area contributed by atoms with Gasteiger partial charge in [-0.3, -0.25) is 4.79 Å². The Kier molecular flexibility index (Phi) is 1.47. The fraction of sp³-hybridized carbons (Fsp3) is 0.500. The molecule has 0 aliphatic heterocycles. The van der Waals surface area contributed by atoms with Crippen LogP contribution in [0.2, 0.25) is 6.82 Å². The number of halogens is 1. The van der Waals surface area contributed by atoms with Crippen LogP contribution in [0.1, 0.15) is 0 Å². The van der Waals surface area contributed by atoms with Crippen LogP contribution in [-0.2, 0) is 0 Å². The third kappa shape index (κ3) is 4.02. The molecule has 0 fully saturated rings. The predicted molar refractivity (Wildman–Crippen MR) is 24.3 cm³/mol. The van der Waals surface area contributed by atoms with Crippen LogP contribution in [0.15, 0.2) is 0 Å². The minimum Gasteiger partial charge on any atom is -0.294 e. The molecule has 0 aromatic heterocycles. The molecule has 0 bridgehead atoms. The van der Waals surface area contributed by atoms with Crippen LogP contribution in [-0.4, -0.2) is 13.7 Å². The maximum absolute atomic E-state index is 9.72. The molecule has 0 saturated carbocycles. The minimum atomic E-state index is -0.772. The molecule has 28 valence electrons. The normalized spacial score (nSPS) is 9.60. The first kappa shape index (κ1) is 3.22. The van der Waals surface area contributed by atoms with Crippen molar-refractivity contribution in [2.24, 2.45) is 0 Å². The van der Waals surface area contributed by atoms with Gasteiger partial charge in [-0.05, 0) is 1.34 Å². The van der Waals surface area contributed by atoms with Crippen molar-refractivity contribution < 1.29 is 4.79 Å². The highest BCUT2D eigenvalue weighted by Gasteiger charge is 1.84. The van der Waals surface area contributed by atoms with Crippen molar-refractivity contribution in [3.63, 3.8) is 0 Å². The monoisotopic (exact) mass is 92.0 g/mol. The molecule has 0 unspecified atom stereocenters. The van der Waals surface area contributed by atoms with Crippen LogP contribution in [0.3, 0.4) is 0 Å². The second-order valence-electron chi connectivity index (χ2n) is 0.593. The summed E-state index contributed by atoms with van der Waals surface area (Å²) in [5.74, 6) is 0. The van der Waals surface area contributed by atoms with Gasteiger partial charge in [0.05, 0.1) is 0 Å². The summed E-state index contributed by atoms with van der Waals surface area (Å²) < 4.78 is 6.55. The molecule has 0 amide bonds. The number of carbonyl (C=O) groups excluding carboxylic acids is 1. The topological polar surface area (TPSA) is 17.1 Å². The summed E-state index contributed by atoms with van der Waals surface area (Å²) in [6.45, 7) is 1.43. The maximum Gasteiger partial charge on any atom is 0.223 e. The summed E-state index contributed by atoms with van der Waals surface area (Å²) in [5.41, 5.74) is 0. The Bertz CT molecular complexity index is 64.6. The lowest BCUT2D eigenvalue weighted by atomic mass is 9.86. The van der Waals surface area contributed by atoms with Crippen molar-refractivity contribution in [3.8, 4) is 0 Å². The van der Waals surface area contributed by atoms with Crippen LogP contribution >= 0.6 is 11.6 Å². The highest BCUT2D eigenvalue weighted by molar-refractivity contribution is 6.98. The van der Waals surface area contributed by atoms with Crippen LogP contribution in [0.25, 0.3) is 0 Å². The number of hydrogen-bond acceptors (Lipinski definition) is 1. The van der Waals surface area contributed by atoms with E-state index in [4.69, 9.17) is 12.9 Å². The van der Waals surface area contributed by atoms with E-state index in [-0.39, 0.29) is 0 Å². The summed E-state index contributed by atoms with van der Waals surface area (Å²) in [5, 5.41) is -0.602. The van der Waals surface area contributed by atoms with Gasteiger partial charge < -0.3 is 0 Å². The van der Waals surface area contributed by atoms with E-state index in [2.05, 4.69) is 0 Å². The standard InChI is InChI=1S/C2H4BClO/c1-3-2(4)5/h3H,1H3/i3T. The van der Waals surface area contributed by atoms with Gasteiger partial charge in [-0.25, -0.2) is 0 Å². The average Bonchev–Trinajstić information content (AvgIpc) is 1.36. The lowest BCUT2D eigenvalue weighted by Crippen LogP contribution is -1.87. The number of rotatable bonds is 1. The van der Waals surface area contributed by atoms with Gasteiger partial charge in [0.15, 0.2) is 5.14 Å². The van der Waals surface area contributed by atoms with E-state index in [1.165, 1.54) is 6.82 Å². The Morgan fingerprint density at radius 3 is 2.60 bits per heavy atom. The van der Waals surface area contributed by atoms with Crippen molar-refractivity contribution in [2.75, 3.05) is 0 Å². The summed E-state index contributed by atoms with van der Waals surface area (Å²) in [6.07, 6.45) is 0. The zero-order valence-electron chi connectivity index (χ0n) is 3.86. The van der Waals surface area contributed by atoms with Gasteiger partial charge in [0.1, 0.15) is 0 Å². The molecule has 0 aromatic carbocycles. The maximum atomic E-state index is 9.72. The van der Waals surface area contributed by atoms with Crippen LogP contribution in [0.4, 0.5) is 4.79 Å². The van der Waals surface area contributed by atoms with Crippen LogP contribution in [0.5, 0.6) is 0 Å². The molecule has 0 aliphatic rings. The molecule has 0 saturated heterocycles. The van der Waals surface area contributed by atoms with Gasteiger partial charge in [-0.2, -0.15) is 0 Å².